The molecule has 0 fully saturated rings. The highest BCUT2D eigenvalue weighted by atomic mass is 16.4. The molecule has 0 aliphatic heterocycles. The number of aromatic nitrogens is 2. The average molecular weight is 267 g/mol. The number of rotatable bonds is 6. The zero-order valence-corrected chi connectivity index (χ0v) is 11.8. The lowest BCUT2D eigenvalue weighted by Crippen LogP contribution is -2.34. The molecule has 1 rings (SSSR count). The number of nitrogens with zero attached hydrogens (tertiary/aromatic N) is 1. The van der Waals surface area contributed by atoms with Gasteiger partial charge >= 0.3 is 5.97 Å². The topological polar surface area (TPSA) is 95.1 Å². The summed E-state index contributed by atoms with van der Waals surface area (Å²) in [7, 11) is 0. The van der Waals surface area contributed by atoms with Crippen molar-refractivity contribution in [3.05, 3.63) is 11.3 Å². The fourth-order valence-electron chi connectivity index (χ4n) is 1.97. The Morgan fingerprint density at radius 1 is 1.32 bits per heavy atom. The lowest BCUT2D eigenvalue weighted by molar-refractivity contribution is -0.151. The molecule has 0 aliphatic carbocycles. The van der Waals surface area contributed by atoms with E-state index in [4.69, 9.17) is 0 Å². The Bertz CT molecular complexity index is 475. The highest BCUT2D eigenvalue weighted by molar-refractivity contribution is 5.94. The molecule has 0 spiro atoms. The van der Waals surface area contributed by atoms with Crippen molar-refractivity contribution in [2.45, 2.75) is 47.0 Å². The minimum atomic E-state index is -0.997. The van der Waals surface area contributed by atoms with Crippen molar-refractivity contribution in [2.75, 3.05) is 5.32 Å². The van der Waals surface area contributed by atoms with Crippen molar-refractivity contribution in [2.24, 2.45) is 5.41 Å². The van der Waals surface area contributed by atoms with Gasteiger partial charge in [0.25, 0.3) is 0 Å². The van der Waals surface area contributed by atoms with E-state index < -0.39 is 11.4 Å². The predicted octanol–water partition coefficient (Wildman–Crippen LogP) is 2.25. The first kappa shape index (κ1) is 15.2. The van der Waals surface area contributed by atoms with Gasteiger partial charge in [0, 0.05) is 17.7 Å². The molecule has 1 aromatic rings. The second kappa shape index (κ2) is 5.86. The molecule has 0 aromatic carbocycles. The second-order valence-electron chi connectivity index (χ2n) is 4.84. The summed E-state index contributed by atoms with van der Waals surface area (Å²) in [6.07, 6.45) is 0.802. The number of carboxylic acid groups (broad SMARTS) is 1. The number of H-pyrrole nitrogens is 1. The van der Waals surface area contributed by atoms with Gasteiger partial charge in [0.15, 0.2) is 5.82 Å². The molecule has 0 aliphatic rings. The number of carboxylic acids is 1. The molecule has 3 N–H and O–H groups in total. The lowest BCUT2D eigenvalue weighted by atomic mass is 9.79. The second-order valence-corrected chi connectivity index (χ2v) is 4.84. The Hall–Kier alpha value is -1.85. The SMILES string of the molecule is CCC(CC)(CC(=O)Nc1n[nH]c(C)c1C)C(=O)O. The molecule has 0 bridgehead atoms. The molecule has 19 heavy (non-hydrogen) atoms. The fourth-order valence-corrected chi connectivity index (χ4v) is 1.97. The number of carbonyl (C=O) groups is 2. The summed E-state index contributed by atoms with van der Waals surface area (Å²) in [5.41, 5.74) is 0.747. The summed E-state index contributed by atoms with van der Waals surface area (Å²) in [6, 6.07) is 0. The summed E-state index contributed by atoms with van der Waals surface area (Å²) in [4.78, 5) is 23.3. The van der Waals surface area contributed by atoms with E-state index in [0.29, 0.717) is 18.7 Å². The van der Waals surface area contributed by atoms with Crippen LogP contribution in [0.3, 0.4) is 0 Å². The Kier molecular flexibility index (Phi) is 4.69. The minimum Gasteiger partial charge on any atom is -0.481 e. The molecule has 0 saturated heterocycles. The first-order chi connectivity index (χ1) is 8.86. The van der Waals surface area contributed by atoms with Gasteiger partial charge in [-0.25, -0.2) is 0 Å². The molecular weight excluding hydrogens is 246 g/mol. The quantitative estimate of drug-likeness (QED) is 0.736. The van der Waals surface area contributed by atoms with Crippen molar-refractivity contribution < 1.29 is 14.7 Å². The molecule has 0 atom stereocenters. The van der Waals surface area contributed by atoms with E-state index in [0.717, 1.165) is 11.3 Å². The van der Waals surface area contributed by atoms with Crippen LogP contribution in [0.2, 0.25) is 0 Å². The van der Waals surface area contributed by atoms with E-state index in [1.165, 1.54) is 0 Å². The van der Waals surface area contributed by atoms with Crippen LogP contribution in [0, 0.1) is 19.3 Å². The largest absolute Gasteiger partial charge is 0.481 e. The summed E-state index contributed by atoms with van der Waals surface area (Å²) in [5, 5.41) is 18.7. The van der Waals surface area contributed by atoms with Crippen LogP contribution in [0.4, 0.5) is 5.82 Å². The maximum Gasteiger partial charge on any atom is 0.310 e. The van der Waals surface area contributed by atoms with Crippen LogP contribution in [-0.2, 0) is 9.59 Å². The van der Waals surface area contributed by atoms with Crippen molar-refractivity contribution in [3.8, 4) is 0 Å². The molecule has 1 heterocycles. The molecule has 1 amide bonds. The minimum absolute atomic E-state index is 0.0410. The van der Waals surface area contributed by atoms with Gasteiger partial charge in [0.05, 0.1) is 5.41 Å². The smallest absolute Gasteiger partial charge is 0.310 e. The van der Waals surface area contributed by atoms with Gasteiger partial charge in [0.1, 0.15) is 0 Å². The van der Waals surface area contributed by atoms with Gasteiger partial charge < -0.3 is 10.4 Å². The van der Waals surface area contributed by atoms with Crippen LogP contribution < -0.4 is 5.32 Å². The number of amides is 1. The standard InChI is InChI=1S/C13H21N3O3/c1-5-13(6-2,12(18)19)7-10(17)14-11-8(3)9(4)15-16-11/h5-7H2,1-4H3,(H,18,19)(H2,14,15,16,17). The maximum absolute atomic E-state index is 12.0. The van der Waals surface area contributed by atoms with E-state index in [1.807, 2.05) is 13.8 Å². The monoisotopic (exact) mass is 267 g/mol. The number of aromatic amines is 1. The number of aryl methyl sites for hydroxylation is 1. The zero-order valence-electron chi connectivity index (χ0n) is 11.8. The first-order valence-electron chi connectivity index (χ1n) is 6.41. The molecule has 0 unspecified atom stereocenters. The van der Waals surface area contributed by atoms with Crippen LogP contribution >= 0.6 is 0 Å². The van der Waals surface area contributed by atoms with Crippen LogP contribution in [0.5, 0.6) is 0 Å². The number of aliphatic carboxylic acids is 1. The van der Waals surface area contributed by atoms with Crippen molar-refractivity contribution in [1.82, 2.24) is 10.2 Å². The van der Waals surface area contributed by atoms with E-state index in [9.17, 15) is 14.7 Å². The van der Waals surface area contributed by atoms with Crippen LogP contribution in [-0.4, -0.2) is 27.2 Å². The van der Waals surface area contributed by atoms with Gasteiger partial charge in [-0.3, -0.25) is 14.7 Å². The molecule has 0 saturated carbocycles. The predicted molar refractivity (Wildman–Crippen MR) is 72.0 cm³/mol. The Morgan fingerprint density at radius 3 is 2.26 bits per heavy atom. The van der Waals surface area contributed by atoms with E-state index >= 15 is 0 Å². The fraction of sp³-hybridized carbons (Fsp3) is 0.615. The van der Waals surface area contributed by atoms with Gasteiger partial charge in [-0.15, -0.1) is 0 Å². The van der Waals surface area contributed by atoms with Gasteiger partial charge in [-0.05, 0) is 26.7 Å². The highest BCUT2D eigenvalue weighted by Gasteiger charge is 2.37. The van der Waals surface area contributed by atoms with Crippen LogP contribution in [0.1, 0.15) is 44.4 Å². The molecule has 6 nitrogen and oxygen atoms in total. The first-order valence-corrected chi connectivity index (χ1v) is 6.41. The number of carbonyl (C=O) groups excluding carboxylic acids is 1. The molecule has 106 valence electrons. The Labute approximate surface area is 112 Å². The van der Waals surface area contributed by atoms with E-state index in [1.54, 1.807) is 13.8 Å². The molecular formula is C13H21N3O3. The number of anilines is 1. The Morgan fingerprint density at radius 2 is 1.89 bits per heavy atom. The molecule has 6 heteroatoms. The van der Waals surface area contributed by atoms with E-state index in [2.05, 4.69) is 15.5 Å². The number of nitrogens with one attached hydrogen (secondary N) is 2. The normalized spacial score (nSPS) is 11.4. The Balaban J connectivity index is 2.79. The number of hydrogen-bond acceptors (Lipinski definition) is 3. The third kappa shape index (κ3) is 3.13. The van der Waals surface area contributed by atoms with Crippen LogP contribution in [0.25, 0.3) is 0 Å². The maximum atomic E-state index is 12.0. The summed E-state index contributed by atoms with van der Waals surface area (Å²) >= 11 is 0. The zero-order chi connectivity index (χ0) is 14.6. The third-order valence-corrected chi connectivity index (χ3v) is 3.82. The van der Waals surface area contributed by atoms with Gasteiger partial charge in [-0.1, -0.05) is 13.8 Å². The van der Waals surface area contributed by atoms with Crippen molar-refractivity contribution in [1.29, 1.82) is 0 Å². The molecule has 0 radical (unpaired) electrons. The van der Waals surface area contributed by atoms with Crippen molar-refractivity contribution in [3.63, 3.8) is 0 Å². The van der Waals surface area contributed by atoms with Crippen molar-refractivity contribution >= 4 is 17.7 Å². The van der Waals surface area contributed by atoms with Gasteiger partial charge in [-0.2, -0.15) is 5.10 Å². The summed E-state index contributed by atoms with van der Waals surface area (Å²) in [6.45, 7) is 7.28. The highest BCUT2D eigenvalue weighted by Crippen LogP contribution is 2.31. The number of hydrogen-bond donors (Lipinski definition) is 3. The molecule has 1 aromatic heterocycles. The summed E-state index contributed by atoms with van der Waals surface area (Å²) < 4.78 is 0. The summed E-state index contributed by atoms with van der Waals surface area (Å²) in [5.74, 6) is -0.780. The third-order valence-electron chi connectivity index (χ3n) is 3.82. The lowest BCUT2D eigenvalue weighted by Gasteiger charge is -2.25. The van der Waals surface area contributed by atoms with E-state index in [-0.39, 0.29) is 12.3 Å². The van der Waals surface area contributed by atoms with Gasteiger partial charge in [0.2, 0.25) is 5.91 Å². The van der Waals surface area contributed by atoms with Crippen LogP contribution in [0.15, 0.2) is 0 Å². The average Bonchev–Trinajstić information content (AvgIpc) is 2.67.